The Morgan fingerprint density at radius 1 is 0.500 bits per heavy atom. The van der Waals surface area contributed by atoms with Gasteiger partial charge in [-0.1, -0.05) is 172 Å². The summed E-state index contributed by atoms with van der Waals surface area (Å²) in [5, 5.41) is 0. The van der Waals surface area contributed by atoms with Crippen molar-refractivity contribution in [2.24, 2.45) is 0 Å². The van der Waals surface area contributed by atoms with Crippen LogP contribution in [0.4, 0.5) is 0 Å². The van der Waals surface area contributed by atoms with E-state index in [0.717, 1.165) is 51.4 Å². The quantitative estimate of drug-likeness (QED) is 0.0196. The number of nitrogens with zero attached hydrogens (tertiary/aromatic N) is 1. The van der Waals surface area contributed by atoms with E-state index in [9.17, 15) is 19.0 Å². The lowest BCUT2D eigenvalue weighted by atomic mass is 10.0. The molecule has 60 heavy (non-hydrogen) atoms. The average molecular weight is 868 g/mol. The van der Waals surface area contributed by atoms with Crippen LogP contribution in [0.3, 0.4) is 0 Å². The Hall–Kier alpha value is -1.77. The first-order valence-electron chi connectivity index (χ1n) is 24.7. The van der Waals surface area contributed by atoms with Crippen molar-refractivity contribution < 1.29 is 42.1 Å². The molecular weight excluding hydrogens is 774 g/mol. The molecule has 0 rings (SSSR count). The predicted octanol–water partition coefficient (Wildman–Crippen LogP) is 13.8. The second kappa shape index (κ2) is 42.5. The number of carbonyl (C=O) groups excluding carboxylic acids is 2. The zero-order valence-corrected chi connectivity index (χ0v) is 40.6. The van der Waals surface area contributed by atoms with Gasteiger partial charge in [-0.05, 0) is 70.6 Å². The third-order valence-electron chi connectivity index (χ3n) is 10.6. The third-order valence-corrected chi connectivity index (χ3v) is 11.6. The van der Waals surface area contributed by atoms with Gasteiger partial charge in [0.2, 0.25) is 0 Å². The fourth-order valence-corrected chi connectivity index (χ4v) is 7.46. The van der Waals surface area contributed by atoms with E-state index in [4.69, 9.17) is 18.5 Å². The molecule has 0 bridgehead atoms. The molecule has 10 heteroatoms. The van der Waals surface area contributed by atoms with Gasteiger partial charge in [0, 0.05) is 12.8 Å². The lowest BCUT2D eigenvalue weighted by Gasteiger charge is -2.28. The summed E-state index contributed by atoms with van der Waals surface area (Å²) in [6, 6.07) is 0. The fourth-order valence-electron chi connectivity index (χ4n) is 6.73. The standard InChI is InChI=1S/C50H94NO8P/c1-6-8-10-12-14-16-18-20-21-22-23-24-25-26-27-28-29-31-32-34-36-38-40-42-49(52)56-46-48(47-58-60(54,55)57-45-44-51(3,4)5)59-50(53)43-41-39-37-35-33-30-19-17-15-13-11-9-7-2/h28-30,33-34,36,48H,6-27,31-32,35,37-47H2,1-5H3/b29-28+,33-30+,36-34+/t48-/m0/s1. The molecule has 0 aromatic rings. The lowest BCUT2D eigenvalue weighted by molar-refractivity contribution is -0.870. The third kappa shape index (κ3) is 45.7. The van der Waals surface area contributed by atoms with E-state index in [1.165, 1.54) is 128 Å². The van der Waals surface area contributed by atoms with Crippen LogP contribution >= 0.6 is 7.82 Å². The number of carbonyl (C=O) groups is 2. The summed E-state index contributed by atoms with van der Waals surface area (Å²) in [6.45, 7) is 4.18. The van der Waals surface area contributed by atoms with Gasteiger partial charge in [0.05, 0.1) is 27.7 Å². The van der Waals surface area contributed by atoms with Gasteiger partial charge >= 0.3 is 11.9 Å². The molecule has 352 valence electrons. The number of phosphoric acid groups is 1. The highest BCUT2D eigenvalue weighted by molar-refractivity contribution is 7.45. The molecule has 0 N–H and O–H groups in total. The molecular formula is C50H94NO8P. The number of rotatable bonds is 45. The largest absolute Gasteiger partial charge is 0.756 e. The number of unbranched alkanes of at least 4 members (excludes halogenated alkanes) is 25. The molecule has 2 atom stereocenters. The highest BCUT2D eigenvalue weighted by atomic mass is 31.2. The zero-order chi connectivity index (χ0) is 44.3. The Morgan fingerprint density at radius 2 is 0.883 bits per heavy atom. The van der Waals surface area contributed by atoms with Crippen LogP contribution < -0.4 is 4.89 Å². The molecule has 0 amide bonds. The second-order valence-corrected chi connectivity index (χ2v) is 19.2. The van der Waals surface area contributed by atoms with Crippen molar-refractivity contribution in [3.8, 4) is 0 Å². The molecule has 0 radical (unpaired) electrons. The molecule has 1 unspecified atom stereocenters. The van der Waals surface area contributed by atoms with E-state index in [-0.39, 0.29) is 26.1 Å². The van der Waals surface area contributed by atoms with Gasteiger partial charge in [-0.15, -0.1) is 0 Å². The van der Waals surface area contributed by atoms with Crippen LogP contribution in [-0.4, -0.2) is 70.0 Å². The summed E-state index contributed by atoms with van der Waals surface area (Å²) < 4.78 is 33.9. The summed E-state index contributed by atoms with van der Waals surface area (Å²) in [5.41, 5.74) is 0. The molecule has 0 aromatic carbocycles. The van der Waals surface area contributed by atoms with Gasteiger partial charge in [-0.3, -0.25) is 14.2 Å². The monoisotopic (exact) mass is 868 g/mol. The number of hydrogen-bond acceptors (Lipinski definition) is 8. The Labute approximate surface area is 370 Å². The average Bonchev–Trinajstić information content (AvgIpc) is 3.20. The maximum atomic E-state index is 12.7. The van der Waals surface area contributed by atoms with Crippen molar-refractivity contribution in [3.63, 3.8) is 0 Å². The lowest BCUT2D eigenvalue weighted by Crippen LogP contribution is -2.37. The van der Waals surface area contributed by atoms with Crippen molar-refractivity contribution in [2.45, 2.75) is 225 Å². The zero-order valence-electron chi connectivity index (χ0n) is 39.7. The molecule has 0 aliphatic carbocycles. The minimum absolute atomic E-state index is 0.0390. The van der Waals surface area contributed by atoms with Crippen molar-refractivity contribution in [2.75, 3.05) is 47.5 Å². The van der Waals surface area contributed by atoms with Gasteiger partial charge < -0.3 is 27.9 Å². The highest BCUT2D eigenvalue weighted by Crippen LogP contribution is 2.38. The van der Waals surface area contributed by atoms with E-state index in [1.54, 1.807) is 0 Å². The summed E-state index contributed by atoms with van der Waals surface area (Å²) >= 11 is 0. The SMILES string of the molecule is CCCCCCCC/C=C/CCCCCC(=O)O[C@@H](COC(=O)CCC/C=C/CC/C=C/CCCCCCCCCCCCCCCC)COP(=O)([O-])OCC[N+](C)(C)C. The van der Waals surface area contributed by atoms with Crippen molar-refractivity contribution >= 4 is 19.8 Å². The summed E-state index contributed by atoms with van der Waals surface area (Å²) in [4.78, 5) is 37.6. The molecule has 0 aromatic heterocycles. The Balaban J connectivity index is 4.28. The van der Waals surface area contributed by atoms with Crippen LogP contribution in [0.1, 0.15) is 219 Å². The van der Waals surface area contributed by atoms with E-state index in [1.807, 2.05) is 21.1 Å². The fraction of sp³-hybridized carbons (Fsp3) is 0.840. The van der Waals surface area contributed by atoms with Crippen molar-refractivity contribution in [3.05, 3.63) is 36.5 Å². The molecule has 0 fully saturated rings. The second-order valence-electron chi connectivity index (χ2n) is 17.8. The van der Waals surface area contributed by atoms with Crippen LogP contribution in [0.25, 0.3) is 0 Å². The minimum atomic E-state index is -4.64. The number of esters is 2. The van der Waals surface area contributed by atoms with Crippen molar-refractivity contribution in [1.29, 1.82) is 0 Å². The van der Waals surface area contributed by atoms with Crippen LogP contribution in [-0.2, 0) is 32.7 Å². The van der Waals surface area contributed by atoms with Crippen LogP contribution in [0.5, 0.6) is 0 Å². The number of quaternary nitrogens is 1. The van der Waals surface area contributed by atoms with Gasteiger partial charge in [0.15, 0.2) is 6.10 Å². The van der Waals surface area contributed by atoms with Crippen molar-refractivity contribution in [1.82, 2.24) is 0 Å². The predicted molar refractivity (Wildman–Crippen MR) is 250 cm³/mol. The normalized spacial score (nSPS) is 13.8. The van der Waals surface area contributed by atoms with Gasteiger partial charge in [0.25, 0.3) is 7.82 Å². The summed E-state index contributed by atoms with van der Waals surface area (Å²) in [5.74, 6) is -0.898. The number of allylic oxidation sites excluding steroid dienone is 6. The molecule has 0 aliphatic rings. The van der Waals surface area contributed by atoms with E-state index in [0.29, 0.717) is 23.9 Å². The molecule has 9 nitrogen and oxygen atoms in total. The summed E-state index contributed by atoms with van der Waals surface area (Å²) in [7, 11) is 1.14. The number of phosphoric ester groups is 1. The topological polar surface area (TPSA) is 111 Å². The first-order valence-corrected chi connectivity index (χ1v) is 26.2. The van der Waals surface area contributed by atoms with E-state index >= 15 is 0 Å². The van der Waals surface area contributed by atoms with E-state index < -0.39 is 32.5 Å². The molecule has 0 saturated heterocycles. The van der Waals surface area contributed by atoms with Gasteiger partial charge in [0.1, 0.15) is 19.8 Å². The smallest absolute Gasteiger partial charge is 0.306 e. The maximum Gasteiger partial charge on any atom is 0.306 e. The van der Waals surface area contributed by atoms with E-state index in [2.05, 4.69) is 50.3 Å². The van der Waals surface area contributed by atoms with Crippen LogP contribution in [0, 0.1) is 0 Å². The Kier molecular flexibility index (Phi) is 41.3. The molecule has 0 spiro atoms. The van der Waals surface area contributed by atoms with Gasteiger partial charge in [-0.2, -0.15) is 0 Å². The number of ether oxygens (including phenoxy) is 2. The molecule has 0 aliphatic heterocycles. The minimum Gasteiger partial charge on any atom is -0.756 e. The first kappa shape index (κ1) is 58.2. The van der Waals surface area contributed by atoms with Crippen LogP contribution in [0.2, 0.25) is 0 Å². The highest BCUT2D eigenvalue weighted by Gasteiger charge is 2.21. The maximum absolute atomic E-state index is 12.7. The Bertz CT molecular complexity index is 1120. The van der Waals surface area contributed by atoms with Gasteiger partial charge in [-0.25, -0.2) is 0 Å². The summed E-state index contributed by atoms with van der Waals surface area (Å²) in [6.07, 6.45) is 49.1. The molecule has 0 heterocycles. The van der Waals surface area contributed by atoms with Crippen LogP contribution in [0.15, 0.2) is 36.5 Å². The number of likely N-dealkylation sites (N-methyl/N-ethyl adjacent to an activating group) is 1. The first-order chi connectivity index (χ1) is 29.0. The molecule has 0 saturated carbocycles. The number of hydrogen-bond donors (Lipinski definition) is 0. The Morgan fingerprint density at radius 3 is 1.33 bits per heavy atom.